The lowest BCUT2D eigenvalue weighted by molar-refractivity contribution is 0.179. The molecule has 1 unspecified atom stereocenters. The van der Waals surface area contributed by atoms with E-state index in [9.17, 15) is 9.13 Å². The van der Waals surface area contributed by atoms with Gasteiger partial charge in [0.25, 0.3) is 0 Å². The molecular formula is C7H14O7P2. The quantitative estimate of drug-likeness (QED) is 0.498. The lowest BCUT2D eigenvalue weighted by atomic mass is 10.2. The molecule has 1 rings (SSSR count). The molecule has 0 fully saturated rings. The second-order valence-electron chi connectivity index (χ2n) is 3.38. The molecule has 0 amide bonds. The fourth-order valence-corrected chi connectivity index (χ4v) is 3.00. The molecular weight excluding hydrogens is 258 g/mol. The van der Waals surface area contributed by atoms with Crippen molar-refractivity contribution >= 4 is 15.6 Å². The van der Waals surface area contributed by atoms with Crippen molar-refractivity contribution in [1.82, 2.24) is 0 Å². The lowest BCUT2D eigenvalue weighted by Crippen LogP contribution is -1.96. The van der Waals surface area contributed by atoms with Gasteiger partial charge in [0, 0.05) is 0 Å². The molecule has 0 aromatic rings. The molecule has 16 heavy (non-hydrogen) atoms. The van der Waals surface area contributed by atoms with E-state index in [0.29, 0.717) is 6.42 Å². The molecule has 0 aromatic carbocycles. The Morgan fingerprint density at radius 2 is 2.00 bits per heavy atom. The summed E-state index contributed by atoms with van der Waals surface area (Å²) in [5.41, 5.74) is 1.12. The Hall–Kier alpha value is -0.0000000000000000555. The van der Waals surface area contributed by atoms with Gasteiger partial charge < -0.3 is 14.7 Å². The van der Waals surface area contributed by atoms with Crippen LogP contribution in [0.25, 0.3) is 0 Å². The highest BCUT2D eigenvalue weighted by molar-refractivity contribution is 7.60. The Morgan fingerprint density at radius 1 is 1.31 bits per heavy atom. The Labute approximate surface area is 92.9 Å². The molecule has 1 aliphatic carbocycles. The maximum Gasteiger partial charge on any atom is 0.481 e. The fourth-order valence-electron chi connectivity index (χ4n) is 1.41. The van der Waals surface area contributed by atoms with Crippen molar-refractivity contribution in [2.75, 3.05) is 6.61 Å². The van der Waals surface area contributed by atoms with Crippen molar-refractivity contribution in [2.24, 2.45) is 0 Å². The molecule has 0 saturated heterocycles. The van der Waals surface area contributed by atoms with Crippen LogP contribution in [-0.2, 0) is 18.0 Å². The van der Waals surface area contributed by atoms with E-state index in [2.05, 4.69) is 8.83 Å². The SMILES string of the molecule is O=P(O)(O)OP(=O)(O)OCCC1=CCCC1. The first kappa shape index (κ1) is 14.1. The van der Waals surface area contributed by atoms with Crippen molar-refractivity contribution in [2.45, 2.75) is 25.7 Å². The molecule has 0 radical (unpaired) electrons. The summed E-state index contributed by atoms with van der Waals surface area (Å²) in [5.74, 6) is 0. The Morgan fingerprint density at radius 3 is 2.50 bits per heavy atom. The Balaban J connectivity index is 2.30. The van der Waals surface area contributed by atoms with E-state index in [-0.39, 0.29) is 6.61 Å². The van der Waals surface area contributed by atoms with Gasteiger partial charge in [-0.3, -0.25) is 4.52 Å². The van der Waals surface area contributed by atoms with E-state index in [1.165, 1.54) is 0 Å². The third-order valence-electron chi connectivity index (χ3n) is 2.02. The summed E-state index contributed by atoms with van der Waals surface area (Å²) in [7, 11) is -9.67. The molecule has 0 spiro atoms. The number of hydrogen-bond acceptors (Lipinski definition) is 4. The van der Waals surface area contributed by atoms with E-state index >= 15 is 0 Å². The van der Waals surface area contributed by atoms with Crippen molar-refractivity contribution in [3.05, 3.63) is 11.6 Å². The third kappa shape index (κ3) is 5.92. The highest BCUT2D eigenvalue weighted by Crippen LogP contribution is 2.57. The first-order valence-electron chi connectivity index (χ1n) is 4.71. The number of rotatable bonds is 6. The second kappa shape index (κ2) is 5.56. The second-order valence-corrected chi connectivity index (χ2v) is 6.21. The van der Waals surface area contributed by atoms with Gasteiger partial charge in [0.1, 0.15) is 0 Å². The Kier molecular flexibility index (Phi) is 4.88. The minimum atomic E-state index is -5.01. The maximum absolute atomic E-state index is 11.0. The predicted octanol–water partition coefficient (Wildman–Crippen LogP) is 1.71. The fraction of sp³-hybridized carbons (Fsp3) is 0.714. The molecule has 0 bridgehead atoms. The zero-order chi connectivity index (χ0) is 12.2. The van der Waals surface area contributed by atoms with Crippen LogP contribution in [0.3, 0.4) is 0 Å². The van der Waals surface area contributed by atoms with Crippen LogP contribution in [0.1, 0.15) is 25.7 Å². The molecule has 0 heterocycles. The average Bonchev–Trinajstić information content (AvgIpc) is 2.51. The van der Waals surface area contributed by atoms with Crippen LogP contribution in [0.15, 0.2) is 11.6 Å². The van der Waals surface area contributed by atoms with Crippen molar-refractivity contribution < 1.29 is 32.6 Å². The van der Waals surface area contributed by atoms with E-state index in [1.54, 1.807) is 0 Å². The minimum Gasteiger partial charge on any atom is -0.302 e. The smallest absolute Gasteiger partial charge is 0.302 e. The number of allylic oxidation sites excluding steroid dienone is 1. The van der Waals surface area contributed by atoms with Crippen LogP contribution in [0.4, 0.5) is 0 Å². The van der Waals surface area contributed by atoms with Gasteiger partial charge in [0.15, 0.2) is 0 Å². The van der Waals surface area contributed by atoms with E-state index in [0.717, 1.165) is 24.8 Å². The highest BCUT2D eigenvalue weighted by Gasteiger charge is 2.32. The van der Waals surface area contributed by atoms with Crippen LogP contribution >= 0.6 is 15.6 Å². The van der Waals surface area contributed by atoms with E-state index < -0.39 is 15.6 Å². The molecule has 7 nitrogen and oxygen atoms in total. The van der Waals surface area contributed by atoms with E-state index in [4.69, 9.17) is 14.7 Å². The molecule has 0 saturated carbocycles. The largest absolute Gasteiger partial charge is 0.481 e. The summed E-state index contributed by atoms with van der Waals surface area (Å²) in [6.07, 6.45) is 5.47. The first-order chi connectivity index (χ1) is 7.29. The summed E-state index contributed by atoms with van der Waals surface area (Å²) < 4.78 is 29.4. The van der Waals surface area contributed by atoms with Gasteiger partial charge in [-0.2, -0.15) is 4.31 Å². The topological polar surface area (TPSA) is 113 Å². The van der Waals surface area contributed by atoms with Crippen molar-refractivity contribution in [3.8, 4) is 0 Å². The van der Waals surface area contributed by atoms with Gasteiger partial charge in [0.2, 0.25) is 0 Å². The molecule has 0 aliphatic heterocycles. The van der Waals surface area contributed by atoms with Crippen LogP contribution in [0.5, 0.6) is 0 Å². The van der Waals surface area contributed by atoms with Crippen LogP contribution in [0.2, 0.25) is 0 Å². The van der Waals surface area contributed by atoms with Crippen LogP contribution in [-0.4, -0.2) is 21.3 Å². The predicted molar refractivity (Wildman–Crippen MR) is 55.5 cm³/mol. The zero-order valence-electron chi connectivity index (χ0n) is 8.48. The molecule has 1 atom stereocenters. The number of phosphoric ester groups is 1. The maximum atomic E-state index is 11.0. The third-order valence-corrected chi connectivity index (χ3v) is 4.21. The zero-order valence-corrected chi connectivity index (χ0v) is 10.3. The minimum absolute atomic E-state index is 0.0976. The van der Waals surface area contributed by atoms with Gasteiger partial charge in [-0.1, -0.05) is 11.6 Å². The van der Waals surface area contributed by atoms with E-state index in [1.807, 2.05) is 6.08 Å². The lowest BCUT2D eigenvalue weighted by Gasteiger charge is -2.12. The van der Waals surface area contributed by atoms with Crippen molar-refractivity contribution in [3.63, 3.8) is 0 Å². The molecule has 9 heteroatoms. The summed E-state index contributed by atoms with van der Waals surface area (Å²) in [4.78, 5) is 25.6. The van der Waals surface area contributed by atoms with Gasteiger partial charge in [-0.25, -0.2) is 9.13 Å². The number of hydrogen-bond donors (Lipinski definition) is 3. The standard InChI is InChI=1S/C7H14O7P2/c8-15(9,10)14-16(11,12)13-6-5-7-3-1-2-4-7/h3H,1-2,4-6H2,(H,11,12)(H2,8,9,10). The average molecular weight is 272 g/mol. The van der Waals surface area contributed by atoms with Crippen LogP contribution < -0.4 is 0 Å². The molecule has 3 N–H and O–H groups in total. The van der Waals surface area contributed by atoms with Gasteiger partial charge >= 0.3 is 15.6 Å². The summed E-state index contributed by atoms with van der Waals surface area (Å²) in [6.45, 7) is -0.0976. The van der Waals surface area contributed by atoms with Crippen LogP contribution in [0, 0.1) is 0 Å². The van der Waals surface area contributed by atoms with Gasteiger partial charge in [-0.05, 0) is 25.7 Å². The first-order valence-corrected chi connectivity index (χ1v) is 7.73. The summed E-state index contributed by atoms with van der Waals surface area (Å²) >= 11 is 0. The summed E-state index contributed by atoms with van der Waals surface area (Å²) in [6, 6.07) is 0. The van der Waals surface area contributed by atoms with Gasteiger partial charge in [0.05, 0.1) is 6.61 Å². The normalized spacial score (nSPS) is 20.6. The Bertz CT molecular complexity index is 358. The van der Waals surface area contributed by atoms with Gasteiger partial charge in [-0.15, -0.1) is 0 Å². The summed E-state index contributed by atoms with van der Waals surface area (Å²) in [5, 5.41) is 0. The highest BCUT2D eigenvalue weighted by atomic mass is 31.3. The number of phosphoric acid groups is 2. The van der Waals surface area contributed by atoms with Crippen molar-refractivity contribution in [1.29, 1.82) is 0 Å². The molecule has 0 aromatic heterocycles. The molecule has 94 valence electrons. The monoisotopic (exact) mass is 272 g/mol. The molecule has 1 aliphatic rings.